The van der Waals surface area contributed by atoms with E-state index in [2.05, 4.69) is 45.7 Å². The number of ether oxygens (including phenoxy) is 1. The highest BCUT2D eigenvalue weighted by Gasteiger charge is 2.25. The summed E-state index contributed by atoms with van der Waals surface area (Å²) in [6, 6.07) is 17.2. The Morgan fingerprint density at radius 1 is 1.14 bits per heavy atom. The topological polar surface area (TPSA) is 67.6 Å². The van der Waals surface area contributed by atoms with Crippen molar-refractivity contribution in [1.29, 1.82) is 0 Å². The zero-order valence-electron chi connectivity index (χ0n) is 20.6. The maximum atomic E-state index is 13.4. The van der Waals surface area contributed by atoms with Crippen LogP contribution < -0.4 is 10.1 Å². The second kappa shape index (κ2) is 11.1. The third-order valence-corrected chi connectivity index (χ3v) is 7.04. The normalized spacial score (nSPS) is 14.9. The molecule has 1 aromatic heterocycles. The van der Waals surface area contributed by atoms with Crippen LogP contribution in [0.2, 0.25) is 0 Å². The van der Waals surface area contributed by atoms with E-state index in [1.54, 1.807) is 13.0 Å². The van der Waals surface area contributed by atoms with Crippen LogP contribution in [0.4, 0.5) is 4.39 Å². The molecule has 5 rings (SSSR count). The van der Waals surface area contributed by atoms with Gasteiger partial charge in [-0.2, -0.15) is 0 Å². The molecule has 2 heterocycles. The number of rotatable bonds is 9. The summed E-state index contributed by atoms with van der Waals surface area (Å²) in [5.41, 5.74) is 2.69. The van der Waals surface area contributed by atoms with Gasteiger partial charge in [-0.1, -0.05) is 29.4 Å². The Bertz CT molecular complexity index is 1340. The fourth-order valence-electron chi connectivity index (χ4n) is 5.13. The molecule has 7 heteroatoms. The van der Waals surface area contributed by atoms with Gasteiger partial charge in [-0.15, -0.1) is 0 Å². The summed E-state index contributed by atoms with van der Waals surface area (Å²) in [6.45, 7) is 5.84. The molecule has 1 aliphatic heterocycles. The maximum Gasteiger partial charge on any atom is 0.216 e. The van der Waals surface area contributed by atoms with Crippen LogP contribution in [-0.2, 0) is 11.2 Å². The van der Waals surface area contributed by atoms with Crippen LogP contribution in [-0.4, -0.2) is 48.7 Å². The number of hydrogen-bond acceptors (Lipinski definition) is 5. The summed E-state index contributed by atoms with van der Waals surface area (Å²) in [5.74, 6) is 0.921. The second-order valence-electron chi connectivity index (χ2n) is 9.56. The Labute approximate surface area is 210 Å². The van der Waals surface area contributed by atoms with Gasteiger partial charge in [-0.25, -0.2) is 4.39 Å². The number of aromatic nitrogens is 1. The van der Waals surface area contributed by atoms with Crippen LogP contribution in [0.5, 0.6) is 5.75 Å². The highest BCUT2D eigenvalue weighted by molar-refractivity contribution is 5.87. The minimum Gasteiger partial charge on any atom is -0.494 e. The molecular formula is C29H32FN3O3. The molecule has 0 aliphatic carbocycles. The Hall–Kier alpha value is -3.45. The van der Waals surface area contributed by atoms with Gasteiger partial charge >= 0.3 is 0 Å². The fourth-order valence-corrected chi connectivity index (χ4v) is 5.13. The van der Waals surface area contributed by atoms with Gasteiger partial charge in [-0.3, -0.25) is 4.79 Å². The molecule has 1 aliphatic rings. The minimum absolute atomic E-state index is 0.00758. The summed E-state index contributed by atoms with van der Waals surface area (Å²) in [6.07, 6.45) is 3.79. The minimum atomic E-state index is -0.298. The van der Waals surface area contributed by atoms with Crippen molar-refractivity contribution in [1.82, 2.24) is 15.4 Å². The number of nitrogens with one attached hydrogen (secondary N) is 1. The first-order valence-corrected chi connectivity index (χ1v) is 12.7. The Morgan fingerprint density at radius 3 is 2.83 bits per heavy atom. The van der Waals surface area contributed by atoms with Gasteiger partial charge in [-0.05, 0) is 79.4 Å². The molecule has 0 bridgehead atoms. The number of carbonyl (C=O) groups excluding carboxylic acids is 1. The summed E-state index contributed by atoms with van der Waals surface area (Å²) in [4.78, 5) is 13.7. The van der Waals surface area contributed by atoms with Crippen LogP contribution in [0.25, 0.3) is 21.7 Å². The lowest BCUT2D eigenvalue weighted by molar-refractivity contribution is -0.118. The summed E-state index contributed by atoms with van der Waals surface area (Å²) in [5, 5.41) is 10.4. The smallest absolute Gasteiger partial charge is 0.216 e. The summed E-state index contributed by atoms with van der Waals surface area (Å²) < 4.78 is 24.9. The van der Waals surface area contributed by atoms with E-state index in [4.69, 9.17) is 9.26 Å². The lowest BCUT2D eigenvalue weighted by Gasteiger charge is -2.31. The largest absolute Gasteiger partial charge is 0.494 e. The van der Waals surface area contributed by atoms with Crippen molar-refractivity contribution < 1.29 is 18.4 Å². The van der Waals surface area contributed by atoms with Gasteiger partial charge in [0.2, 0.25) is 5.91 Å². The summed E-state index contributed by atoms with van der Waals surface area (Å²) in [7, 11) is 0. The van der Waals surface area contributed by atoms with Crippen molar-refractivity contribution in [2.45, 2.75) is 38.5 Å². The van der Waals surface area contributed by atoms with Gasteiger partial charge in [0.1, 0.15) is 11.6 Å². The van der Waals surface area contributed by atoms with Crippen LogP contribution >= 0.6 is 0 Å². The van der Waals surface area contributed by atoms with Crippen molar-refractivity contribution in [2.24, 2.45) is 0 Å². The quantitative estimate of drug-likeness (QED) is 0.317. The SMILES string of the molecule is CC(=O)NCCc1cccc2ccc(OCCCN3CCC(c4noc5cc(F)ccc45)CC3)cc12. The number of carbonyl (C=O) groups is 1. The molecule has 6 nitrogen and oxygen atoms in total. The van der Waals surface area contributed by atoms with Crippen LogP contribution in [0.1, 0.15) is 43.4 Å². The number of amides is 1. The molecule has 0 radical (unpaired) electrons. The number of fused-ring (bicyclic) bond motifs is 2. The molecular weight excluding hydrogens is 457 g/mol. The van der Waals surface area contributed by atoms with Gasteiger partial charge < -0.3 is 19.5 Å². The molecule has 0 spiro atoms. The predicted molar refractivity (Wildman–Crippen MR) is 139 cm³/mol. The average molecular weight is 490 g/mol. The molecule has 0 unspecified atom stereocenters. The Balaban J connectivity index is 1.09. The molecule has 1 N–H and O–H groups in total. The van der Waals surface area contributed by atoms with Crippen molar-refractivity contribution >= 4 is 27.6 Å². The van der Waals surface area contributed by atoms with Crippen LogP contribution in [0.15, 0.2) is 59.1 Å². The first kappa shape index (κ1) is 24.3. The van der Waals surface area contributed by atoms with Gasteiger partial charge in [0, 0.05) is 37.4 Å². The van der Waals surface area contributed by atoms with E-state index in [0.29, 0.717) is 24.7 Å². The van der Waals surface area contributed by atoms with Crippen molar-refractivity contribution in [3.8, 4) is 5.75 Å². The van der Waals surface area contributed by atoms with Crippen LogP contribution in [0, 0.1) is 5.82 Å². The zero-order chi connectivity index (χ0) is 24.9. The highest BCUT2D eigenvalue weighted by atomic mass is 19.1. The number of hydrogen-bond donors (Lipinski definition) is 1. The van der Waals surface area contributed by atoms with Gasteiger partial charge in [0.15, 0.2) is 5.58 Å². The average Bonchev–Trinajstić information content (AvgIpc) is 3.30. The molecule has 36 heavy (non-hydrogen) atoms. The molecule has 1 fully saturated rings. The van der Waals surface area contributed by atoms with Crippen molar-refractivity contribution in [3.63, 3.8) is 0 Å². The lowest BCUT2D eigenvalue weighted by Crippen LogP contribution is -2.34. The number of nitrogens with zero attached hydrogens (tertiary/aromatic N) is 2. The number of likely N-dealkylation sites (tertiary alicyclic amines) is 1. The van der Waals surface area contributed by atoms with Gasteiger partial charge in [0.05, 0.1) is 12.3 Å². The molecule has 0 atom stereocenters. The third-order valence-electron chi connectivity index (χ3n) is 7.04. The molecule has 1 saturated heterocycles. The van der Waals surface area contributed by atoms with Crippen molar-refractivity contribution in [2.75, 3.05) is 32.8 Å². The number of halogens is 1. The first-order chi connectivity index (χ1) is 17.6. The highest BCUT2D eigenvalue weighted by Crippen LogP contribution is 2.33. The van der Waals surface area contributed by atoms with E-state index in [1.165, 1.54) is 28.5 Å². The van der Waals surface area contributed by atoms with Crippen LogP contribution in [0.3, 0.4) is 0 Å². The monoisotopic (exact) mass is 489 g/mol. The van der Waals surface area contributed by atoms with Crippen molar-refractivity contribution in [3.05, 3.63) is 71.7 Å². The maximum absolute atomic E-state index is 13.4. The number of piperidine rings is 1. The molecule has 1 amide bonds. The van der Waals surface area contributed by atoms with Gasteiger partial charge in [0.25, 0.3) is 0 Å². The van der Waals surface area contributed by atoms with E-state index in [9.17, 15) is 9.18 Å². The zero-order valence-corrected chi connectivity index (χ0v) is 20.6. The Morgan fingerprint density at radius 2 is 2.00 bits per heavy atom. The molecule has 4 aromatic rings. The lowest BCUT2D eigenvalue weighted by atomic mass is 9.91. The predicted octanol–water partition coefficient (Wildman–Crippen LogP) is 5.45. The molecule has 0 saturated carbocycles. The second-order valence-corrected chi connectivity index (χ2v) is 9.56. The van der Waals surface area contributed by atoms with E-state index in [-0.39, 0.29) is 11.7 Å². The van der Waals surface area contributed by atoms with E-state index < -0.39 is 0 Å². The fraction of sp³-hybridized carbons (Fsp3) is 0.379. The van der Waals surface area contributed by atoms with E-state index in [0.717, 1.165) is 62.1 Å². The third kappa shape index (κ3) is 5.68. The standard InChI is InChI=1S/C29H32FN3O3/c1-20(34)31-13-10-22-5-2-4-21-6-8-25(19-27(21)22)35-17-3-14-33-15-11-23(12-16-33)29-26-9-7-24(30)18-28(26)36-32-29/h2,4-9,18-19,23H,3,10-17H2,1H3,(H,31,34). The first-order valence-electron chi connectivity index (χ1n) is 12.7. The summed E-state index contributed by atoms with van der Waals surface area (Å²) >= 11 is 0. The van der Waals surface area contributed by atoms with E-state index in [1.807, 2.05) is 6.07 Å². The Kier molecular flexibility index (Phi) is 7.47. The molecule has 188 valence electrons. The molecule has 3 aromatic carbocycles. The van der Waals surface area contributed by atoms with E-state index >= 15 is 0 Å². The number of benzene rings is 3.